The number of hydrogen-bond acceptors (Lipinski definition) is 8. The van der Waals surface area contributed by atoms with Gasteiger partial charge in [0.05, 0.1) is 11.3 Å². The molecule has 1 heterocycles. The van der Waals surface area contributed by atoms with Gasteiger partial charge in [0.25, 0.3) is 0 Å². The Bertz CT molecular complexity index is 1520. The number of carbonyl (C=O) groups excluding carboxylic acids is 3. The Labute approximate surface area is 266 Å². The van der Waals surface area contributed by atoms with Crippen LogP contribution in [0, 0.1) is 11.3 Å². The van der Waals surface area contributed by atoms with Gasteiger partial charge in [-0.3, -0.25) is 19.8 Å². The summed E-state index contributed by atoms with van der Waals surface area (Å²) in [5.41, 5.74) is 0. The summed E-state index contributed by atoms with van der Waals surface area (Å²) in [5, 5.41) is 26.0. The van der Waals surface area contributed by atoms with Gasteiger partial charge < -0.3 is 20.6 Å². The van der Waals surface area contributed by atoms with Crippen molar-refractivity contribution in [3.63, 3.8) is 0 Å². The second-order valence-electron chi connectivity index (χ2n) is 11.1. The zero-order valence-corrected chi connectivity index (χ0v) is 26.2. The highest BCUT2D eigenvalue weighted by Gasteiger charge is 2.36. The number of alkyl halides is 1. The molecule has 2 aromatic carbocycles. The molecule has 0 radical (unpaired) electrons. The van der Waals surface area contributed by atoms with Gasteiger partial charge >= 0.3 is 6.09 Å². The van der Waals surface area contributed by atoms with Crippen molar-refractivity contribution in [3.8, 4) is 0 Å². The third-order valence-corrected chi connectivity index (χ3v) is 9.53. The zero-order chi connectivity index (χ0) is 32.6. The maximum Gasteiger partial charge on any atom is 0.427 e. The first kappa shape index (κ1) is 34.1. The van der Waals surface area contributed by atoms with Crippen molar-refractivity contribution in [2.75, 3.05) is 38.6 Å². The Balaban J connectivity index is 1.49. The summed E-state index contributed by atoms with van der Waals surface area (Å²) < 4.78 is 29.5. The third-order valence-electron chi connectivity index (χ3n) is 7.81. The normalized spacial score (nSPS) is 17.7. The number of nitrogens with zero attached hydrogens (tertiary/aromatic N) is 3. The Morgan fingerprint density at radius 3 is 2.49 bits per heavy atom. The van der Waals surface area contributed by atoms with Crippen molar-refractivity contribution in [2.45, 2.75) is 49.1 Å². The lowest BCUT2D eigenvalue weighted by Gasteiger charge is -2.36. The fraction of sp³-hybridized carbons (Fsp3) is 0.483. The average molecular weight is 664 g/mol. The van der Waals surface area contributed by atoms with Gasteiger partial charge in [0, 0.05) is 38.8 Å². The molecule has 2 fully saturated rings. The summed E-state index contributed by atoms with van der Waals surface area (Å²) in [7, 11) is -4.24. The van der Waals surface area contributed by atoms with Crippen LogP contribution in [0.3, 0.4) is 0 Å². The number of hydrazine groups is 1. The Hall–Kier alpha value is -3.79. The number of nitrogens with one attached hydrogen (secondary N) is 4. The first-order chi connectivity index (χ1) is 21.5. The molecule has 1 aliphatic carbocycles. The van der Waals surface area contributed by atoms with Gasteiger partial charge in [-0.05, 0) is 54.5 Å². The van der Waals surface area contributed by atoms with E-state index in [1.54, 1.807) is 23.1 Å². The lowest BCUT2D eigenvalue weighted by atomic mass is 9.99. The predicted octanol–water partition coefficient (Wildman–Crippen LogP) is 1.55. The number of sulfonamides is 1. The van der Waals surface area contributed by atoms with E-state index in [2.05, 4.69) is 15.4 Å². The van der Waals surface area contributed by atoms with E-state index >= 15 is 0 Å². The smallest absolute Gasteiger partial charge is 0.427 e. The van der Waals surface area contributed by atoms with Crippen molar-refractivity contribution < 1.29 is 32.7 Å². The van der Waals surface area contributed by atoms with E-state index in [0.717, 1.165) is 23.2 Å². The molecule has 5 N–H and O–H groups in total. The summed E-state index contributed by atoms with van der Waals surface area (Å²) in [6, 6.07) is 10.3. The molecule has 2 aliphatic rings. The molecule has 244 valence electrons. The van der Waals surface area contributed by atoms with E-state index in [0.29, 0.717) is 31.1 Å². The van der Waals surface area contributed by atoms with Crippen LogP contribution in [0.1, 0.15) is 32.1 Å². The molecule has 4 amide bonds. The Kier molecular flexibility index (Phi) is 11.7. The van der Waals surface area contributed by atoms with E-state index in [1.165, 1.54) is 17.1 Å². The van der Waals surface area contributed by atoms with Crippen molar-refractivity contribution in [2.24, 2.45) is 5.92 Å². The molecule has 0 bridgehead atoms. The lowest BCUT2D eigenvalue weighted by Crippen LogP contribution is -2.53. The van der Waals surface area contributed by atoms with E-state index in [-0.39, 0.29) is 54.8 Å². The lowest BCUT2D eigenvalue weighted by molar-refractivity contribution is -0.135. The fourth-order valence-electron chi connectivity index (χ4n) is 5.36. The molecular weight excluding hydrogens is 626 g/mol. The fourth-order valence-corrected chi connectivity index (χ4v) is 6.69. The number of halogens is 1. The van der Waals surface area contributed by atoms with Crippen LogP contribution in [-0.2, 0) is 24.4 Å². The summed E-state index contributed by atoms with van der Waals surface area (Å²) >= 11 is 5.54. The third kappa shape index (κ3) is 9.36. The number of fused-ring (bicyclic) bond motifs is 1. The molecule has 1 saturated carbocycles. The van der Waals surface area contributed by atoms with Crippen LogP contribution in [0.15, 0.2) is 47.4 Å². The van der Waals surface area contributed by atoms with E-state index in [1.807, 2.05) is 12.1 Å². The molecule has 45 heavy (non-hydrogen) atoms. The largest absolute Gasteiger partial charge is 0.464 e. The van der Waals surface area contributed by atoms with Crippen LogP contribution in [0.5, 0.6) is 0 Å². The van der Waals surface area contributed by atoms with Crippen LogP contribution in [-0.4, -0.2) is 109 Å². The molecular formula is C29H38ClN7O7S. The topological polar surface area (TPSA) is 192 Å². The number of amides is 4. The van der Waals surface area contributed by atoms with Gasteiger partial charge in [0.15, 0.2) is 0 Å². The first-order valence-electron chi connectivity index (χ1n) is 14.7. The Morgan fingerprint density at radius 1 is 1.09 bits per heavy atom. The van der Waals surface area contributed by atoms with Crippen molar-refractivity contribution in [1.29, 1.82) is 5.41 Å². The second-order valence-corrected chi connectivity index (χ2v) is 13.1. The van der Waals surface area contributed by atoms with E-state index in [4.69, 9.17) is 17.0 Å². The highest BCUT2D eigenvalue weighted by molar-refractivity contribution is 7.89. The summed E-state index contributed by atoms with van der Waals surface area (Å²) in [4.78, 5) is 51.6. The SMILES string of the molecule is N=CN(C(=O)O)N1CCC[C@H](CNC(=O)[C@H](CC(=O)N(CCNC(=O)CCl)C2CC2)NS(=O)(=O)c2ccc3ccccc3c2)C1. The molecule has 2 aromatic rings. The zero-order valence-electron chi connectivity index (χ0n) is 24.7. The average Bonchev–Trinajstić information content (AvgIpc) is 3.87. The highest BCUT2D eigenvalue weighted by atomic mass is 35.5. The van der Waals surface area contributed by atoms with Crippen LogP contribution in [0.4, 0.5) is 4.79 Å². The van der Waals surface area contributed by atoms with Crippen LogP contribution in [0.25, 0.3) is 10.8 Å². The molecule has 1 aliphatic heterocycles. The maximum absolute atomic E-state index is 13.5. The minimum absolute atomic E-state index is 0.0578. The molecule has 0 unspecified atom stereocenters. The molecule has 14 nitrogen and oxygen atoms in total. The number of carboxylic acid groups (broad SMARTS) is 1. The summed E-state index contributed by atoms with van der Waals surface area (Å²) in [6.45, 7) is 1.15. The first-order valence-corrected chi connectivity index (χ1v) is 16.7. The highest BCUT2D eigenvalue weighted by Crippen LogP contribution is 2.27. The van der Waals surface area contributed by atoms with E-state index < -0.39 is 40.4 Å². The minimum atomic E-state index is -4.24. The molecule has 0 aromatic heterocycles. The Morgan fingerprint density at radius 2 is 1.82 bits per heavy atom. The second kappa shape index (κ2) is 15.5. The minimum Gasteiger partial charge on any atom is -0.464 e. The van der Waals surface area contributed by atoms with Gasteiger partial charge in [0.1, 0.15) is 18.3 Å². The van der Waals surface area contributed by atoms with Crippen LogP contribution >= 0.6 is 11.6 Å². The number of piperidine rings is 1. The van der Waals surface area contributed by atoms with Gasteiger partial charge in [-0.2, -0.15) is 9.73 Å². The monoisotopic (exact) mass is 663 g/mol. The van der Waals surface area contributed by atoms with Crippen LogP contribution < -0.4 is 15.4 Å². The van der Waals surface area contributed by atoms with Crippen molar-refractivity contribution in [1.82, 2.24) is 30.3 Å². The molecule has 2 atom stereocenters. The number of carbonyl (C=O) groups is 4. The number of benzene rings is 2. The number of hydrogen-bond donors (Lipinski definition) is 5. The summed E-state index contributed by atoms with van der Waals surface area (Å²) in [6.07, 6.45) is 1.80. The standard InChI is InChI=1S/C29H38ClN7O7S/c30-16-26(38)32-11-13-36(23-8-9-23)27(39)15-25(34-45(43,44)24-10-7-21-5-1-2-6-22(21)14-24)28(40)33-17-20-4-3-12-35(18-20)37(19-31)29(41)42/h1-2,5-7,10,14,19-20,23,25,31,34H,3-4,8-9,11-13,15-18H2,(H,32,38)(H,33,40)(H,41,42)/t20-,25+/m1/s1. The van der Waals surface area contributed by atoms with E-state index in [9.17, 15) is 32.7 Å². The quantitative estimate of drug-likeness (QED) is 0.108. The maximum atomic E-state index is 13.5. The van der Waals surface area contributed by atoms with Gasteiger partial charge in [0.2, 0.25) is 27.7 Å². The van der Waals surface area contributed by atoms with Crippen molar-refractivity contribution in [3.05, 3.63) is 42.5 Å². The van der Waals surface area contributed by atoms with Crippen molar-refractivity contribution >= 4 is 62.5 Å². The van der Waals surface area contributed by atoms with Gasteiger partial charge in [-0.25, -0.2) is 18.2 Å². The molecule has 16 heteroatoms. The molecule has 1 saturated heterocycles. The molecule has 0 spiro atoms. The van der Waals surface area contributed by atoms with Gasteiger partial charge in [-0.15, -0.1) is 11.6 Å². The number of rotatable bonds is 15. The molecule has 4 rings (SSSR count). The van der Waals surface area contributed by atoms with Crippen LogP contribution in [0.2, 0.25) is 0 Å². The van der Waals surface area contributed by atoms with Gasteiger partial charge in [-0.1, -0.05) is 30.3 Å². The predicted molar refractivity (Wildman–Crippen MR) is 167 cm³/mol. The summed E-state index contributed by atoms with van der Waals surface area (Å²) in [5.74, 6) is -1.91.